The molecule has 6 nitrogen and oxygen atoms in total. The zero-order valence-electron chi connectivity index (χ0n) is 9.68. The molecule has 0 bridgehead atoms. The second kappa shape index (κ2) is 6.93. The summed E-state index contributed by atoms with van der Waals surface area (Å²) >= 11 is 0. The zero-order valence-corrected chi connectivity index (χ0v) is 10.5. The molecule has 0 atom stereocenters. The summed E-state index contributed by atoms with van der Waals surface area (Å²) in [5.74, 6) is 1.87. The summed E-state index contributed by atoms with van der Waals surface area (Å²) in [5.41, 5.74) is 5.14. The van der Waals surface area contributed by atoms with Crippen molar-refractivity contribution in [2.24, 2.45) is 5.73 Å². The van der Waals surface area contributed by atoms with Gasteiger partial charge in [-0.15, -0.1) is 12.4 Å². The molecule has 18 heavy (non-hydrogen) atoms. The molecule has 7 heteroatoms. The van der Waals surface area contributed by atoms with Crippen molar-refractivity contribution < 1.29 is 19.0 Å². The van der Waals surface area contributed by atoms with E-state index in [9.17, 15) is 4.79 Å². The van der Waals surface area contributed by atoms with Gasteiger partial charge in [0.15, 0.2) is 11.5 Å². The number of halogens is 1. The maximum Gasteiger partial charge on any atom is 0.233 e. The maximum absolute atomic E-state index is 10.8. The Morgan fingerprint density at radius 2 is 2.17 bits per heavy atom. The van der Waals surface area contributed by atoms with Gasteiger partial charge in [-0.3, -0.25) is 4.79 Å². The summed E-state index contributed by atoms with van der Waals surface area (Å²) in [6, 6.07) is 5.33. The Hall–Kier alpha value is -1.66. The second-order valence-electron chi connectivity index (χ2n) is 3.42. The third kappa shape index (κ3) is 3.68. The lowest BCUT2D eigenvalue weighted by Crippen LogP contribution is -2.33. The highest BCUT2D eigenvalue weighted by Gasteiger charge is 2.13. The molecule has 1 amide bonds. The van der Waals surface area contributed by atoms with Gasteiger partial charge in [-0.1, -0.05) is 0 Å². The van der Waals surface area contributed by atoms with Crippen molar-refractivity contribution in [1.29, 1.82) is 0 Å². The van der Waals surface area contributed by atoms with Gasteiger partial charge in [-0.25, -0.2) is 0 Å². The number of hydrogen-bond donors (Lipinski definition) is 2. The lowest BCUT2D eigenvalue weighted by atomic mass is 10.3. The highest BCUT2D eigenvalue weighted by atomic mass is 35.5. The van der Waals surface area contributed by atoms with Gasteiger partial charge in [0.1, 0.15) is 12.4 Å². The van der Waals surface area contributed by atoms with Crippen LogP contribution >= 0.6 is 12.4 Å². The largest absolute Gasteiger partial charge is 0.492 e. The van der Waals surface area contributed by atoms with Crippen LogP contribution in [0.15, 0.2) is 18.2 Å². The number of hydrogen-bond acceptors (Lipinski definition) is 5. The fourth-order valence-corrected chi connectivity index (χ4v) is 1.40. The predicted octanol–water partition coefficient (Wildman–Crippen LogP) is 0.291. The quantitative estimate of drug-likeness (QED) is 0.754. The molecule has 0 aliphatic carbocycles. The van der Waals surface area contributed by atoms with Crippen LogP contribution in [-0.2, 0) is 4.79 Å². The van der Waals surface area contributed by atoms with E-state index in [2.05, 4.69) is 5.32 Å². The van der Waals surface area contributed by atoms with Crippen molar-refractivity contribution in [3.63, 3.8) is 0 Å². The average Bonchev–Trinajstić information content (AvgIpc) is 2.81. The van der Waals surface area contributed by atoms with Crippen molar-refractivity contribution in [3.05, 3.63) is 18.2 Å². The molecule has 0 saturated heterocycles. The number of fused-ring (bicyclic) bond motifs is 1. The van der Waals surface area contributed by atoms with E-state index in [0.29, 0.717) is 30.4 Å². The Balaban J connectivity index is 0.00000162. The van der Waals surface area contributed by atoms with Gasteiger partial charge in [0, 0.05) is 6.07 Å². The molecule has 3 N–H and O–H groups in total. The number of amides is 1. The van der Waals surface area contributed by atoms with E-state index in [0.717, 1.165) is 0 Å². The molecule has 1 heterocycles. The summed E-state index contributed by atoms with van der Waals surface area (Å²) in [6.07, 6.45) is 0. The SMILES string of the molecule is Cl.NCC(=O)NCCOc1ccc2c(c1)OCO2. The average molecular weight is 275 g/mol. The van der Waals surface area contributed by atoms with Crippen LogP contribution in [-0.4, -0.2) is 32.4 Å². The molecular weight excluding hydrogens is 260 g/mol. The monoisotopic (exact) mass is 274 g/mol. The van der Waals surface area contributed by atoms with Gasteiger partial charge in [0.25, 0.3) is 0 Å². The number of ether oxygens (including phenoxy) is 3. The first-order valence-corrected chi connectivity index (χ1v) is 5.29. The molecule has 1 aromatic carbocycles. The first kappa shape index (κ1) is 14.4. The van der Waals surface area contributed by atoms with E-state index in [1.165, 1.54) is 0 Å². The number of benzene rings is 1. The predicted molar refractivity (Wildman–Crippen MR) is 67.4 cm³/mol. The zero-order chi connectivity index (χ0) is 12.1. The third-order valence-electron chi connectivity index (χ3n) is 2.22. The standard InChI is InChI=1S/C11H14N2O4.ClH/c12-6-11(14)13-3-4-15-8-1-2-9-10(5-8)17-7-16-9;/h1-2,5H,3-4,6-7,12H2,(H,13,14);1H. The minimum atomic E-state index is -0.195. The smallest absolute Gasteiger partial charge is 0.233 e. The number of nitrogens with two attached hydrogens (primary N) is 1. The van der Waals surface area contributed by atoms with Crippen LogP contribution in [0.1, 0.15) is 0 Å². The Bertz CT molecular complexity index is 414. The van der Waals surface area contributed by atoms with Crippen LogP contribution in [0.4, 0.5) is 0 Å². The van der Waals surface area contributed by atoms with E-state index in [-0.39, 0.29) is 31.7 Å². The molecule has 100 valence electrons. The Kier molecular flexibility index (Phi) is 5.54. The van der Waals surface area contributed by atoms with Crippen molar-refractivity contribution in [3.8, 4) is 17.2 Å². The van der Waals surface area contributed by atoms with E-state index >= 15 is 0 Å². The molecule has 0 spiro atoms. The molecular formula is C11H15ClN2O4. The van der Waals surface area contributed by atoms with E-state index in [1.807, 2.05) is 0 Å². The summed E-state index contributed by atoms with van der Waals surface area (Å²) < 4.78 is 15.8. The molecule has 2 rings (SSSR count). The molecule has 0 radical (unpaired) electrons. The minimum Gasteiger partial charge on any atom is -0.492 e. The highest BCUT2D eigenvalue weighted by Crippen LogP contribution is 2.34. The molecule has 1 aromatic rings. The fourth-order valence-electron chi connectivity index (χ4n) is 1.40. The molecule has 0 saturated carbocycles. The Labute approximate surface area is 111 Å². The summed E-state index contributed by atoms with van der Waals surface area (Å²) in [5, 5.41) is 2.61. The van der Waals surface area contributed by atoms with Gasteiger partial charge in [-0.05, 0) is 12.1 Å². The van der Waals surface area contributed by atoms with Crippen molar-refractivity contribution in [2.75, 3.05) is 26.5 Å². The van der Waals surface area contributed by atoms with Crippen LogP contribution in [0, 0.1) is 0 Å². The summed E-state index contributed by atoms with van der Waals surface area (Å²) in [7, 11) is 0. The number of carbonyl (C=O) groups is 1. The van der Waals surface area contributed by atoms with Crippen LogP contribution < -0.4 is 25.3 Å². The normalized spacial score (nSPS) is 11.6. The first-order valence-electron chi connectivity index (χ1n) is 5.29. The van der Waals surface area contributed by atoms with Gasteiger partial charge in [0.2, 0.25) is 12.7 Å². The van der Waals surface area contributed by atoms with Crippen LogP contribution in [0.5, 0.6) is 17.2 Å². The highest BCUT2D eigenvalue weighted by molar-refractivity contribution is 5.85. The number of rotatable bonds is 5. The molecule has 1 aliphatic heterocycles. The van der Waals surface area contributed by atoms with E-state index < -0.39 is 0 Å². The van der Waals surface area contributed by atoms with Gasteiger partial charge < -0.3 is 25.3 Å². The maximum atomic E-state index is 10.8. The van der Waals surface area contributed by atoms with Gasteiger partial charge in [0.05, 0.1) is 13.1 Å². The molecule has 0 aromatic heterocycles. The number of nitrogens with one attached hydrogen (secondary N) is 1. The van der Waals surface area contributed by atoms with Gasteiger partial charge in [-0.2, -0.15) is 0 Å². The van der Waals surface area contributed by atoms with E-state index in [4.69, 9.17) is 19.9 Å². The van der Waals surface area contributed by atoms with Crippen molar-refractivity contribution in [1.82, 2.24) is 5.32 Å². The molecule has 1 aliphatic rings. The van der Waals surface area contributed by atoms with Gasteiger partial charge >= 0.3 is 0 Å². The lowest BCUT2D eigenvalue weighted by molar-refractivity contribution is -0.119. The lowest BCUT2D eigenvalue weighted by Gasteiger charge is -2.07. The van der Waals surface area contributed by atoms with Crippen LogP contribution in [0.2, 0.25) is 0 Å². The summed E-state index contributed by atoms with van der Waals surface area (Å²) in [4.78, 5) is 10.8. The Morgan fingerprint density at radius 3 is 2.94 bits per heavy atom. The first-order chi connectivity index (χ1) is 8.29. The number of carbonyl (C=O) groups excluding carboxylic acids is 1. The van der Waals surface area contributed by atoms with Crippen LogP contribution in [0.25, 0.3) is 0 Å². The topological polar surface area (TPSA) is 82.8 Å². The minimum absolute atomic E-state index is 0. The fraction of sp³-hybridized carbons (Fsp3) is 0.364. The second-order valence-corrected chi connectivity index (χ2v) is 3.42. The third-order valence-corrected chi connectivity index (χ3v) is 2.22. The Morgan fingerprint density at radius 1 is 1.39 bits per heavy atom. The summed E-state index contributed by atoms with van der Waals surface area (Å²) in [6.45, 7) is 1.03. The molecule has 0 unspecified atom stereocenters. The molecule has 0 fully saturated rings. The van der Waals surface area contributed by atoms with Crippen molar-refractivity contribution >= 4 is 18.3 Å². The van der Waals surface area contributed by atoms with Crippen LogP contribution in [0.3, 0.4) is 0 Å². The van der Waals surface area contributed by atoms with Crippen molar-refractivity contribution in [2.45, 2.75) is 0 Å². The van der Waals surface area contributed by atoms with E-state index in [1.54, 1.807) is 18.2 Å².